The Morgan fingerprint density at radius 2 is 1.79 bits per heavy atom. The summed E-state index contributed by atoms with van der Waals surface area (Å²) < 4.78 is 26.4. The molecule has 1 atom stereocenters. The summed E-state index contributed by atoms with van der Waals surface area (Å²) in [5.74, 6) is -1.31. The molecular weight excluding hydrogens is 254 g/mol. The van der Waals surface area contributed by atoms with E-state index in [1.165, 1.54) is 0 Å². The lowest BCUT2D eigenvalue weighted by Crippen LogP contribution is -2.08. The molecule has 1 nitrogen and oxygen atoms in total. The minimum Gasteiger partial charge on any atom is -0.388 e. The largest absolute Gasteiger partial charge is 0.388 e. The fourth-order valence-electron chi connectivity index (χ4n) is 1.12. The summed E-state index contributed by atoms with van der Waals surface area (Å²) in [6, 6.07) is 2.04. The fourth-order valence-corrected chi connectivity index (χ4v) is 1.44. The first kappa shape index (κ1) is 11.6. The number of benzene rings is 1. The van der Waals surface area contributed by atoms with Crippen LogP contribution in [-0.4, -0.2) is 5.11 Å². The number of hydrogen-bond donors (Lipinski definition) is 1. The lowest BCUT2D eigenvalue weighted by atomic mass is 9.99. The van der Waals surface area contributed by atoms with Crippen LogP contribution in [0.2, 0.25) is 0 Å². The maximum absolute atomic E-state index is 13.3. The summed E-state index contributed by atoms with van der Waals surface area (Å²) in [5, 5.41) is 9.57. The van der Waals surface area contributed by atoms with Crippen LogP contribution in [0.1, 0.15) is 25.5 Å². The van der Waals surface area contributed by atoms with Crippen molar-refractivity contribution in [3.05, 3.63) is 33.8 Å². The van der Waals surface area contributed by atoms with Gasteiger partial charge in [-0.3, -0.25) is 0 Å². The number of rotatable bonds is 2. The van der Waals surface area contributed by atoms with Gasteiger partial charge in [-0.05, 0) is 34.0 Å². The smallest absolute Gasteiger partial charge is 0.137 e. The number of aliphatic hydroxyl groups excluding tert-OH is 1. The summed E-state index contributed by atoms with van der Waals surface area (Å²) in [6.07, 6.45) is -0.974. The average Bonchev–Trinajstić information content (AvgIpc) is 2.10. The van der Waals surface area contributed by atoms with Crippen molar-refractivity contribution in [3.63, 3.8) is 0 Å². The number of aliphatic hydroxyl groups is 1. The molecule has 1 unspecified atom stereocenters. The van der Waals surface area contributed by atoms with Crippen LogP contribution in [0.15, 0.2) is 16.6 Å². The van der Waals surface area contributed by atoms with Gasteiger partial charge in [0.1, 0.15) is 11.6 Å². The SMILES string of the molecule is CC(C)C(O)c1cc(F)c(Br)cc1F. The highest BCUT2D eigenvalue weighted by Crippen LogP contribution is 2.27. The first-order chi connectivity index (χ1) is 6.43. The van der Waals surface area contributed by atoms with Crippen molar-refractivity contribution >= 4 is 15.9 Å². The highest BCUT2D eigenvalue weighted by atomic mass is 79.9. The zero-order valence-electron chi connectivity index (χ0n) is 7.89. The molecule has 0 bridgehead atoms. The second kappa shape index (κ2) is 4.36. The molecule has 1 aromatic rings. The number of hydrogen-bond acceptors (Lipinski definition) is 1. The molecule has 1 rings (SSSR count). The van der Waals surface area contributed by atoms with E-state index >= 15 is 0 Å². The maximum atomic E-state index is 13.3. The second-order valence-electron chi connectivity index (χ2n) is 3.48. The van der Waals surface area contributed by atoms with Gasteiger partial charge < -0.3 is 5.11 Å². The highest BCUT2D eigenvalue weighted by molar-refractivity contribution is 9.10. The molecule has 0 heterocycles. The van der Waals surface area contributed by atoms with E-state index in [4.69, 9.17) is 0 Å². The Balaban J connectivity index is 3.15. The Labute approximate surface area is 89.9 Å². The first-order valence-electron chi connectivity index (χ1n) is 4.26. The van der Waals surface area contributed by atoms with Crippen LogP contribution in [0, 0.1) is 17.6 Å². The monoisotopic (exact) mass is 264 g/mol. The van der Waals surface area contributed by atoms with E-state index in [9.17, 15) is 13.9 Å². The molecule has 0 aliphatic rings. The van der Waals surface area contributed by atoms with Crippen molar-refractivity contribution in [3.8, 4) is 0 Å². The second-order valence-corrected chi connectivity index (χ2v) is 4.33. The molecule has 0 aromatic heterocycles. The van der Waals surface area contributed by atoms with E-state index in [2.05, 4.69) is 15.9 Å². The van der Waals surface area contributed by atoms with Gasteiger partial charge in [-0.1, -0.05) is 13.8 Å². The van der Waals surface area contributed by atoms with Crippen molar-refractivity contribution in [2.45, 2.75) is 20.0 Å². The van der Waals surface area contributed by atoms with Gasteiger partial charge in [0.2, 0.25) is 0 Å². The van der Waals surface area contributed by atoms with Gasteiger partial charge >= 0.3 is 0 Å². The van der Waals surface area contributed by atoms with Crippen LogP contribution in [0.25, 0.3) is 0 Å². The third-order valence-electron chi connectivity index (χ3n) is 1.99. The van der Waals surface area contributed by atoms with Gasteiger partial charge in [0, 0.05) is 5.56 Å². The molecule has 78 valence electrons. The summed E-state index contributed by atoms with van der Waals surface area (Å²) in [4.78, 5) is 0. The molecule has 14 heavy (non-hydrogen) atoms. The van der Waals surface area contributed by atoms with E-state index in [-0.39, 0.29) is 16.0 Å². The molecule has 0 fully saturated rings. The van der Waals surface area contributed by atoms with Crippen LogP contribution in [0.4, 0.5) is 8.78 Å². The van der Waals surface area contributed by atoms with E-state index in [0.29, 0.717) is 0 Å². The summed E-state index contributed by atoms with van der Waals surface area (Å²) >= 11 is 2.87. The Morgan fingerprint density at radius 3 is 2.29 bits per heavy atom. The Morgan fingerprint density at radius 1 is 1.21 bits per heavy atom. The molecule has 1 N–H and O–H groups in total. The van der Waals surface area contributed by atoms with Crippen molar-refractivity contribution in [1.29, 1.82) is 0 Å². The average molecular weight is 265 g/mol. The van der Waals surface area contributed by atoms with E-state index in [0.717, 1.165) is 12.1 Å². The summed E-state index contributed by atoms with van der Waals surface area (Å²) in [7, 11) is 0. The summed E-state index contributed by atoms with van der Waals surface area (Å²) in [5.41, 5.74) is 0.000648. The third-order valence-corrected chi connectivity index (χ3v) is 2.60. The van der Waals surface area contributed by atoms with Crippen LogP contribution in [0.5, 0.6) is 0 Å². The van der Waals surface area contributed by atoms with E-state index in [1.54, 1.807) is 13.8 Å². The van der Waals surface area contributed by atoms with Crippen molar-refractivity contribution in [2.24, 2.45) is 5.92 Å². The number of halogens is 3. The van der Waals surface area contributed by atoms with Crippen LogP contribution in [0.3, 0.4) is 0 Å². The standard InChI is InChI=1S/C10H11BrF2O/c1-5(2)10(14)6-3-9(13)7(11)4-8(6)12/h3-5,10,14H,1-2H3. The van der Waals surface area contributed by atoms with Gasteiger partial charge in [-0.25, -0.2) is 8.78 Å². The molecular formula is C10H11BrF2O. The highest BCUT2D eigenvalue weighted by Gasteiger charge is 2.18. The normalized spacial score (nSPS) is 13.4. The molecule has 0 saturated heterocycles. The van der Waals surface area contributed by atoms with Crippen molar-refractivity contribution in [2.75, 3.05) is 0 Å². The fraction of sp³-hybridized carbons (Fsp3) is 0.400. The third kappa shape index (κ3) is 2.30. The Bertz CT molecular complexity index is 339. The van der Waals surface area contributed by atoms with Crippen LogP contribution >= 0.6 is 15.9 Å². The van der Waals surface area contributed by atoms with Gasteiger partial charge in [-0.15, -0.1) is 0 Å². The molecule has 1 aromatic carbocycles. The maximum Gasteiger partial charge on any atom is 0.137 e. The molecule has 0 aliphatic heterocycles. The Hall–Kier alpha value is -0.480. The van der Waals surface area contributed by atoms with Gasteiger partial charge in [0.15, 0.2) is 0 Å². The Kier molecular flexibility index (Phi) is 3.61. The minimum atomic E-state index is -0.974. The van der Waals surface area contributed by atoms with E-state index in [1.807, 2.05) is 0 Å². The van der Waals surface area contributed by atoms with E-state index < -0.39 is 17.7 Å². The minimum absolute atomic E-state index is 0.000648. The molecule has 0 aliphatic carbocycles. The topological polar surface area (TPSA) is 20.2 Å². The van der Waals surface area contributed by atoms with Gasteiger partial charge in [0.25, 0.3) is 0 Å². The first-order valence-corrected chi connectivity index (χ1v) is 5.05. The predicted octanol–water partition coefficient (Wildman–Crippen LogP) is 3.42. The van der Waals surface area contributed by atoms with Crippen LogP contribution < -0.4 is 0 Å². The molecule has 0 saturated carbocycles. The zero-order valence-corrected chi connectivity index (χ0v) is 9.48. The predicted molar refractivity (Wildman–Crippen MR) is 53.9 cm³/mol. The molecule has 4 heteroatoms. The summed E-state index contributed by atoms with van der Waals surface area (Å²) in [6.45, 7) is 3.48. The van der Waals surface area contributed by atoms with Crippen molar-refractivity contribution < 1.29 is 13.9 Å². The molecule has 0 radical (unpaired) electrons. The lowest BCUT2D eigenvalue weighted by Gasteiger charge is -2.15. The zero-order chi connectivity index (χ0) is 10.9. The quantitative estimate of drug-likeness (QED) is 0.812. The molecule has 0 amide bonds. The lowest BCUT2D eigenvalue weighted by molar-refractivity contribution is 0.122. The van der Waals surface area contributed by atoms with Gasteiger partial charge in [-0.2, -0.15) is 0 Å². The van der Waals surface area contributed by atoms with Gasteiger partial charge in [0.05, 0.1) is 10.6 Å². The van der Waals surface area contributed by atoms with Crippen molar-refractivity contribution in [1.82, 2.24) is 0 Å². The van der Waals surface area contributed by atoms with Crippen LogP contribution in [-0.2, 0) is 0 Å². The molecule has 0 spiro atoms.